The lowest BCUT2D eigenvalue weighted by Crippen LogP contribution is -2.52. The van der Waals surface area contributed by atoms with Gasteiger partial charge in [0.1, 0.15) is 5.58 Å². The highest BCUT2D eigenvalue weighted by Gasteiger charge is 2.43. The lowest BCUT2D eigenvalue weighted by Gasteiger charge is -2.42. The van der Waals surface area contributed by atoms with Gasteiger partial charge in [0.2, 0.25) is 0 Å². The zero-order valence-corrected chi connectivity index (χ0v) is 18.2. The second kappa shape index (κ2) is 7.30. The molecule has 1 aliphatic heterocycles. The van der Waals surface area contributed by atoms with E-state index >= 15 is 0 Å². The third kappa shape index (κ3) is 3.55. The molecule has 8 heteroatoms. The van der Waals surface area contributed by atoms with Crippen LogP contribution < -0.4 is 16.0 Å². The summed E-state index contributed by atoms with van der Waals surface area (Å²) in [6, 6.07) is 3.04. The molecular weight excluding hydrogens is 406 g/mol. The van der Waals surface area contributed by atoms with Gasteiger partial charge in [-0.1, -0.05) is 51.6 Å². The lowest BCUT2D eigenvalue weighted by molar-refractivity contribution is -0.125. The normalized spacial score (nSPS) is 17.9. The molecule has 2 aromatic rings. The number of amides is 3. The fourth-order valence-corrected chi connectivity index (χ4v) is 4.57. The minimum atomic E-state index is -0.563. The van der Waals surface area contributed by atoms with Gasteiger partial charge in [0.15, 0.2) is 11.5 Å². The minimum Gasteiger partial charge on any atom is -0.450 e. The molecule has 0 atom stereocenters. The maximum atomic E-state index is 12.6. The van der Waals surface area contributed by atoms with Gasteiger partial charge < -0.3 is 20.4 Å². The molecule has 160 valence electrons. The van der Waals surface area contributed by atoms with Gasteiger partial charge >= 0.3 is 6.03 Å². The molecule has 4 rings (SSSR count). The van der Waals surface area contributed by atoms with Crippen molar-refractivity contribution in [3.05, 3.63) is 28.5 Å². The third-order valence-corrected chi connectivity index (χ3v) is 6.30. The third-order valence-electron chi connectivity index (χ3n) is 6.01. The maximum Gasteiger partial charge on any atom is 0.319 e. The highest BCUT2D eigenvalue weighted by atomic mass is 35.5. The quantitative estimate of drug-likeness (QED) is 0.654. The Morgan fingerprint density at radius 2 is 1.90 bits per heavy atom. The van der Waals surface area contributed by atoms with Gasteiger partial charge in [-0.05, 0) is 25.0 Å². The molecule has 30 heavy (non-hydrogen) atoms. The average Bonchev–Trinajstić information content (AvgIpc) is 3.09. The van der Waals surface area contributed by atoms with Crippen molar-refractivity contribution in [2.75, 3.05) is 11.9 Å². The summed E-state index contributed by atoms with van der Waals surface area (Å²) in [4.78, 5) is 37.1. The van der Waals surface area contributed by atoms with Crippen molar-refractivity contribution < 1.29 is 18.8 Å². The van der Waals surface area contributed by atoms with E-state index in [0.717, 1.165) is 37.7 Å². The zero-order valence-electron chi connectivity index (χ0n) is 17.4. The molecule has 1 aliphatic carbocycles. The summed E-state index contributed by atoms with van der Waals surface area (Å²) in [6.45, 7) is 5.35. The molecule has 1 aromatic heterocycles. The number of carbonyl (C=O) groups is 3. The molecular formula is C22H26ClN3O4. The van der Waals surface area contributed by atoms with Crippen LogP contribution in [0.15, 0.2) is 16.5 Å². The summed E-state index contributed by atoms with van der Waals surface area (Å²) >= 11 is 6.50. The molecule has 3 amide bonds. The molecule has 2 aliphatic rings. The number of halogens is 1. The van der Waals surface area contributed by atoms with Crippen molar-refractivity contribution in [2.24, 2.45) is 5.41 Å². The number of nitrogens with one attached hydrogen (secondary N) is 3. The van der Waals surface area contributed by atoms with Gasteiger partial charge in [0.25, 0.3) is 5.91 Å². The molecule has 1 saturated carbocycles. The number of furan rings is 1. The Hall–Kier alpha value is -2.54. The van der Waals surface area contributed by atoms with Gasteiger partial charge in [-0.15, -0.1) is 0 Å². The van der Waals surface area contributed by atoms with E-state index in [9.17, 15) is 14.4 Å². The van der Waals surface area contributed by atoms with E-state index in [1.165, 1.54) is 0 Å². The Balaban J connectivity index is 1.73. The Morgan fingerprint density at radius 3 is 2.57 bits per heavy atom. The van der Waals surface area contributed by atoms with Gasteiger partial charge in [0, 0.05) is 16.4 Å². The summed E-state index contributed by atoms with van der Waals surface area (Å²) < 4.78 is 5.99. The molecule has 2 heterocycles. The molecule has 0 saturated heterocycles. The van der Waals surface area contributed by atoms with Crippen LogP contribution in [0.4, 0.5) is 10.5 Å². The molecule has 0 bridgehead atoms. The van der Waals surface area contributed by atoms with Crippen LogP contribution in [0.3, 0.4) is 0 Å². The van der Waals surface area contributed by atoms with Crippen LogP contribution in [0.2, 0.25) is 5.02 Å². The first-order valence-corrected chi connectivity index (χ1v) is 10.7. The fourth-order valence-electron chi connectivity index (χ4n) is 4.31. The van der Waals surface area contributed by atoms with Gasteiger partial charge in [0.05, 0.1) is 22.8 Å². The van der Waals surface area contributed by atoms with E-state index in [-0.39, 0.29) is 24.1 Å². The highest BCUT2D eigenvalue weighted by Crippen LogP contribution is 2.48. The lowest BCUT2D eigenvalue weighted by atomic mass is 9.74. The minimum absolute atomic E-state index is 0.0690. The van der Waals surface area contributed by atoms with E-state index in [1.807, 2.05) is 20.8 Å². The number of hydrogen-bond donors (Lipinski definition) is 3. The van der Waals surface area contributed by atoms with Crippen LogP contribution in [0.25, 0.3) is 11.0 Å². The topological polar surface area (TPSA) is 100 Å². The van der Waals surface area contributed by atoms with Crippen molar-refractivity contribution in [1.82, 2.24) is 10.6 Å². The summed E-state index contributed by atoms with van der Waals surface area (Å²) in [5, 5.41) is 9.63. The monoisotopic (exact) mass is 431 g/mol. The van der Waals surface area contributed by atoms with E-state index in [1.54, 1.807) is 12.1 Å². The van der Waals surface area contributed by atoms with Crippen molar-refractivity contribution in [3.8, 4) is 0 Å². The average molecular weight is 432 g/mol. The van der Waals surface area contributed by atoms with Crippen LogP contribution in [0.1, 0.15) is 69.0 Å². The molecule has 1 aromatic carbocycles. The number of urea groups is 1. The number of rotatable bonds is 3. The summed E-state index contributed by atoms with van der Waals surface area (Å²) in [5.74, 6) is -0.418. The van der Waals surface area contributed by atoms with Gasteiger partial charge in [-0.2, -0.15) is 0 Å². The van der Waals surface area contributed by atoms with Gasteiger partial charge in [-0.3, -0.25) is 9.59 Å². The number of carbonyl (C=O) groups excluding carboxylic acids is 3. The number of ketones is 1. The van der Waals surface area contributed by atoms with E-state index < -0.39 is 16.9 Å². The maximum absolute atomic E-state index is 12.6. The van der Waals surface area contributed by atoms with Crippen LogP contribution >= 0.6 is 11.6 Å². The Morgan fingerprint density at radius 1 is 1.20 bits per heavy atom. The second-order valence-electron chi connectivity index (χ2n) is 9.22. The predicted molar refractivity (Wildman–Crippen MR) is 115 cm³/mol. The summed E-state index contributed by atoms with van der Waals surface area (Å²) in [6.07, 6.45) is 4.64. The van der Waals surface area contributed by atoms with Crippen molar-refractivity contribution >= 4 is 46.0 Å². The van der Waals surface area contributed by atoms with E-state index in [4.69, 9.17) is 16.0 Å². The summed E-state index contributed by atoms with van der Waals surface area (Å²) in [5.41, 5.74) is 0.780. The number of fused-ring (bicyclic) bond motifs is 4. The standard InChI is InChI=1S/C22H26ClN3O4/c1-21(2,3)15(27)11-24-19(28)14-10-12-9-13(23)17-16(18(12)30-14)22(26-20(29)25-17)7-5-4-6-8-22/h9-10H,4-8,11H2,1-3H3,(H,24,28)(H2,25,26,29). The summed E-state index contributed by atoms with van der Waals surface area (Å²) in [7, 11) is 0. The molecule has 0 radical (unpaired) electrons. The van der Waals surface area contributed by atoms with E-state index in [2.05, 4.69) is 16.0 Å². The Bertz CT molecular complexity index is 1040. The number of Topliss-reactive ketones (excluding diaryl/α,β-unsaturated/α-hetero) is 1. The van der Waals surface area contributed by atoms with Crippen LogP contribution in [0.5, 0.6) is 0 Å². The number of anilines is 1. The SMILES string of the molecule is CC(C)(C)C(=O)CNC(=O)c1cc2cc(Cl)c3c(c2o1)C1(CCCCC1)NC(=O)N3. The largest absolute Gasteiger partial charge is 0.450 e. The van der Waals surface area contributed by atoms with Crippen LogP contribution in [0, 0.1) is 5.41 Å². The zero-order chi connectivity index (χ0) is 21.7. The van der Waals surface area contributed by atoms with Crippen molar-refractivity contribution in [3.63, 3.8) is 0 Å². The molecule has 0 unspecified atom stereocenters. The predicted octanol–water partition coefficient (Wildman–Crippen LogP) is 4.73. The molecule has 7 nitrogen and oxygen atoms in total. The first kappa shape index (κ1) is 20.7. The number of hydrogen-bond acceptors (Lipinski definition) is 4. The number of benzene rings is 1. The first-order valence-electron chi connectivity index (χ1n) is 10.3. The molecule has 1 fully saturated rings. The van der Waals surface area contributed by atoms with Crippen molar-refractivity contribution in [2.45, 2.75) is 58.4 Å². The van der Waals surface area contributed by atoms with Gasteiger partial charge in [-0.25, -0.2) is 4.79 Å². The smallest absolute Gasteiger partial charge is 0.319 e. The highest BCUT2D eigenvalue weighted by molar-refractivity contribution is 6.35. The Kier molecular flexibility index (Phi) is 5.04. The molecule has 1 spiro atoms. The fraction of sp³-hybridized carbons (Fsp3) is 0.500. The van der Waals surface area contributed by atoms with E-state index in [0.29, 0.717) is 21.7 Å². The molecule has 3 N–H and O–H groups in total. The Labute approximate surface area is 179 Å². The van der Waals surface area contributed by atoms with Crippen LogP contribution in [-0.4, -0.2) is 24.3 Å². The first-order chi connectivity index (χ1) is 14.1. The van der Waals surface area contributed by atoms with Crippen LogP contribution in [-0.2, 0) is 10.3 Å². The second-order valence-corrected chi connectivity index (χ2v) is 9.62. The van der Waals surface area contributed by atoms with Crippen molar-refractivity contribution in [1.29, 1.82) is 0 Å².